The van der Waals surface area contributed by atoms with Crippen LogP contribution in [0, 0.1) is 12.7 Å². The van der Waals surface area contributed by atoms with E-state index in [1.165, 1.54) is 12.1 Å². The van der Waals surface area contributed by atoms with Crippen LogP contribution in [0.4, 0.5) is 4.39 Å². The van der Waals surface area contributed by atoms with Crippen LogP contribution in [-0.2, 0) is 13.5 Å². The molecule has 6 rings (SSSR count). The van der Waals surface area contributed by atoms with Crippen molar-refractivity contribution in [1.29, 1.82) is 0 Å². The fourth-order valence-corrected chi connectivity index (χ4v) is 4.37. The predicted octanol–water partition coefficient (Wildman–Crippen LogP) is 5.22. The average molecular weight is 477 g/mol. The molecule has 0 aliphatic carbocycles. The van der Waals surface area contributed by atoms with Crippen LogP contribution in [0.5, 0.6) is 0 Å². The monoisotopic (exact) mass is 476 g/mol. The average Bonchev–Trinajstić information content (AvgIpc) is 3.43. The Kier molecular flexibility index (Phi) is 5.14. The molecule has 0 saturated carbocycles. The maximum absolute atomic E-state index is 13.5. The van der Waals surface area contributed by atoms with Crippen molar-refractivity contribution < 1.29 is 9.18 Å². The molecule has 0 spiro atoms. The van der Waals surface area contributed by atoms with E-state index in [2.05, 4.69) is 9.97 Å². The van der Waals surface area contributed by atoms with Crippen LogP contribution >= 0.6 is 0 Å². The first-order valence-electron chi connectivity index (χ1n) is 11.5. The Morgan fingerprint density at radius 2 is 1.83 bits per heavy atom. The minimum absolute atomic E-state index is 0.0229. The second-order valence-corrected chi connectivity index (χ2v) is 8.69. The Labute approximate surface area is 205 Å². The molecule has 0 aliphatic rings. The SMILES string of the molecule is Cc1nc(-c2ccc(F)cc2)c(-c2ccc3nc(CC(=O)c4ccc5ncccc5c4)cn3n2)n1C. The summed E-state index contributed by atoms with van der Waals surface area (Å²) in [6, 6.07) is 19.3. The summed E-state index contributed by atoms with van der Waals surface area (Å²) in [7, 11) is 1.92. The van der Waals surface area contributed by atoms with E-state index in [0.29, 0.717) is 22.6 Å². The highest BCUT2D eigenvalue weighted by Gasteiger charge is 2.19. The van der Waals surface area contributed by atoms with Crippen LogP contribution in [0.2, 0.25) is 0 Å². The second kappa shape index (κ2) is 8.49. The lowest BCUT2D eigenvalue weighted by atomic mass is 10.0. The van der Waals surface area contributed by atoms with Crippen LogP contribution in [0.25, 0.3) is 39.2 Å². The number of Topliss-reactive ketones (excluding diaryl/α,β-unsaturated/α-hetero) is 1. The third kappa shape index (κ3) is 3.82. The topological polar surface area (TPSA) is 78.0 Å². The molecular weight excluding hydrogens is 455 g/mol. The van der Waals surface area contributed by atoms with Crippen molar-refractivity contribution in [3.63, 3.8) is 0 Å². The first kappa shape index (κ1) is 21.8. The van der Waals surface area contributed by atoms with E-state index in [1.807, 2.05) is 54.9 Å². The molecular formula is C28H21FN6O. The molecule has 0 amide bonds. The molecule has 7 nitrogen and oxygen atoms in total. The van der Waals surface area contributed by atoms with Gasteiger partial charge in [0.25, 0.3) is 0 Å². The first-order chi connectivity index (χ1) is 17.5. The molecule has 4 heterocycles. The van der Waals surface area contributed by atoms with Crippen molar-refractivity contribution in [2.45, 2.75) is 13.3 Å². The zero-order valence-corrected chi connectivity index (χ0v) is 19.7. The molecule has 4 aromatic heterocycles. The fourth-order valence-electron chi connectivity index (χ4n) is 4.37. The number of hydrogen-bond donors (Lipinski definition) is 0. The zero-order chi connectivity index (χ0) is 24.8. The molecule has 0 N–H and O–H groups in total. The van der Waals surface area contributed by atoms with Crippen molar-refractivity contribution in [2.24, 2.45) is 7.05 Å². The number of pyridine rings is 1. The van der Waals surface area contributed by atoms with Crippen LogP contribution < -0.4 is 0 Å². The van der Waals surface area contributed by atoms with Crippen molar-refractivity contribution in [3.8, 4) is 22.6 Å². The van der Waals surface area contributed by atoms with Gasteiger partial charge in [0.15, 0.2) is 11.4 Å². The van der Waals surface area contributed by atoms with Crippen LogP contribution in [0.1, 0.15) is 21.9 Å². The molecule has 176 valence electrons. The van der Waals surface area contributed by atoms with Gasteiger partial charge in [-0.05, 0) is 67.6 Å². The predicted molar refractivity (Wildman–Crippen MR) is 135 cm³/mol. The lowest BCUT2D eigenvalue weighted by molar-refractivity contribution is 0.0992. The Balaban J connectivity index is 1.33. The van der Waals surface area contributed by atoms with Gasteiger partial charge in [-0.1, -0.05) is 6.07 Å². The van der Waals surface area contributed by atoms with Crippen molar-refractivity contribution in [2.75, 3.05) is 0 Å². The standard InChI is InChI=1S/C28H21FN6O/c1-17-31-27(18-5-8-21(29)9-6-18)28(34(17)2)24-11-12-26-32-22(16-35(26)33-24)15-25(36)20-7-10-23-19(14-20)4-3-13-30-23/h3-14,16H,15H2,1-2H3. The normalized spacial score (nSPS) is 11.4. The number of benzene rings is 2. The van der Waals surface area contributed by atoms with Gasteiger partial charge in [0.2, 0.25) is 0 Å². The first-order valence-corrected chi connectivity index (χ1v) is 11.5. The van der Waals surface area contributed by atoms with E-state index in [1.54, 1.807) is 35.1 Å². The van der Waals surface area contributed by atoms with E-state index in [0.717, 1.165) is 33.7 Å². The Morgan fingerprint density at radius 3 is 2.67 bits per heavy atom. The number of aromatic nitrogens is 6. The van der Waals surface area contributed by atoms with Gasteiger partial charge < -0.3 is 4.57 Å². The number of carbonyl (C=O) groups excluding carboxylic acids is 1. The number of ketones is 1. The quantitative estimate of drug-likeness (QED) is 0.319. The van der Waals surface area contributed by atoms with E-state index in [9.17, 15) is 9.18 Å². The molecule has 0 aliphatic heterocycles. The van der Waals surface area contributed by atoms with Gasteiger partial charge in [-0.15, -0.1) is 0 Å². The van der Waals surface area contributed by atoms with Crippen molar-refractivity contribution in [1.82, 2.24) is 29.1 Å². The smallest absolute Gasteiger partial charge is 0.168 e. The number of carbonyl (C=O) groups is 1. The summed E-state index contributed by atoms with van der Waals surface area (Å²) in [5, 5.41) is 5.69. The number of imidazole rings is 2. The van der Waals surface area contributed by atoms with Gasteiger partial charge in [0.05, 0.1) is 35.2 Å². The lowest BCUT2D eigenvalue weighted by Crippen LogP contribution is -2.03. The molecule has 0 unspecified atom stereocenters. The van der Waals surface area contributed by atoms with E-state index >= 15 is 0 Å². The zero-order valence-electron chi connectivity index (χ0n) is 19.7. The van der Waals surface area contributed by atoms with E-state index < -0.39 is 0 Å². The van der Waals surface area contributed by atoms with Gasteiger partial charge in [-0.25, -0.2) is 18.9 Å². The molecule has 6 aromatic rings. The number of hydrogen-bond acceptors (Lipinski definition) is 5. The largest absolute Gasteiger partial charge is 0.330 e. The Bertz CT molecular complexity index is 1770. The lowest BCUT2D eigenvalue weighted by Gasteiger charge is -2.07. The molecule has 2 aromatic carbocycles. The van der Waals surface area contributed by atoms with Crippen LogP contribution in [-0.4, -0.2) is 34.9 Å². The third-order valence-corrected chi connectivity index (χ3v) is 6.32. The highest BCUT2D eigenvalue weighted by molar-refractivity contribution is 6.00. The molecule has 0 saturated heterocycles. The van der Waals surface area contributed by atoms with Crippen LogP contribution in [0.3, 0.4) is 0 Å². The maximum atomic E-state index is 13.5. The van der Waals surface area contributed by atoms with Gasteiger partial charge in [-0.3, -0.25) is 9.78 Å². The summed E-state index contributed by atoms with van der Waals surface area (Å²) in [6.07, 6.45) is 3.67. The third-order valence-electron chi connectivity index (χ3n) is 6.32. The second-order valence-electron chi connectivity index (χ2n) is 8.69. The summed E-state index contributed by atoms with van der Waals surface area (Å²) >= 11 is 0. The fraction of sp³-hybridized carbons (Fsp3) is 0.107. The summed E-state index contributed by atoms with van der Waals surface area (Å²) in [5.41, 5.74) is 5.80. The number of halogens is 1. The summed E-state index contributed by atoms with van der Waals surface area (Å²) in [5.74, 6) is 0.493. The molecule has 36 heavy (non-hydrogen) atoms. The van der Waals surface area contributed by atoms with Gasteiger partial charge in [0.1, 0.15) is 17.3 Å². The summed E-state index contributed by atoms with van der Waals surface area (Å²) < 4.78 is 17.1. The number of rotatable bonds is 5. The van der Waals surface area contributed by atoms with Crippen LogP contribution in [0.15, 0.2) is 79.1 Å². The molecule has 8 heteroatoms. The van der Waals surface area contributed by atoms with E-state index in [4.69, 9.17) is 10.1 Å². The van der Waals surface area contributed by atoms with Crippen molar-refractivity contribution >= 4 is 22.3 Å². The van der Waals surface area contributed by atoms with Gasteiger partial charge in [-0.2, -0.15) is 5.10 Å². The Hall–Kier alpha value is -4.72. The van der Waals surface area contributed by atoms with Gasteiger partial charge in [0, 0.05) is 29.8 Å². The Morgan fingerprint density at radius 1 is 1.00 bits per heavy atom. The van der Waals surface area contributed by atoms with Gasteiger partial charge >= 0.3 is 0 Å². The molecule has 0 radical (unpaired) electrons. The maximum Gasteiger partial charge on any atom is 0.168 e. The highest BCUT2D eigenvalue weighted by Crippen LogP contribution is 2.31. The minimum atomic E-state index is -0.298. The minimum Gasteiger partial charge on any atom is -0.330 e. The summed E-state index contributed by atoms with van der Waals surface area (Å²) in [4.78, 5) is 26.6. The number of aryl methyl sites for hydroxylation is 1. The highest BCUT2D eigenvalue weighted by atomic mass is 19.1. The van der Waals surface area contributed by atoms with Crippen molar-refractivity contribution in [3.05, 3.63) is 102 Å². The molecule has 0 bridgehead atoms. The number of nitrogens with zero attached hydrogens (tertiary/aromatic N) is 6. The molecule has 0 fully saturated rings. The van der Waals surface area contributed by atoms with E-state index in [-0.39, 0.29) is 18.0 Å². The summed E-state index contributed by atoms with van der Waals surface area (Å²) in [6.45, 7) is 1.92. The number of fused-ring (bicyclic) bond motifs is 2. The molecule has 0 atom stereocenters.